The van der Waals surface area contributed by atoms with Crippen molar-refractivity contribution < 1.29 is 4.79 Å². The Morgan fingerprint density at radius 2 is 1.91 bits per heavy atom. The van der Waals surface area contributed by atoms with Crippen LogP contribution in [0.15, 0.2) is 35.4 Å². The fourth-order valence-electron chi connectivity index (χ4n) is 5.09. The van der Waals surface area contributed by atoms with Crippen LogP contribution in [0, 0.1) is 5.41 Å². The number of rotatable bonds is 9. The summed E-state index contributed by atoms with van der Waals surface area (Å²) >= 11 is 1.61. The molecule has 1 fully saturated rings. The zero-order chi connectivity index (χ0) is 23.4. The van der Waals surface area contributed by atoms with Gasteiger partial charge in [-0.2, -0.15) is 0 Å². The number of hydrogen-bond donors (Lipinski definition) is 3. The van der Waals surface area contributed by atoms with Crippen molar-refractivity contribution >= 4 is 29.2 Å². The van der Waals surface area contributed by atoms with Crippen LogP contribution in [-0.4, -0.2) is 57.0 Å². The molecule has 1 aromatic carbocycles. The van der Waals surface area contributed by atoms with Gasteiger partial charge in [-0.1, -0.05) is 25.0 Å². The molecular weight excluding hydrogens is 432 g/mol. The van der Waals surface area contributed by atoms with Crippen LogP contribution >= 0.6 is 11.8 Å². The maximum atomic E-state index is 13.4. The van der Waals surface area contributed by atoms with E-state index in [9.17, 15) is 4.79 Å². The first kappa shape index (κ1) is 23.8. The number of amides is 1. The number of imidazole rings is 1. The second-order valence-corrected chi connectivity index (χ2v) is 10.6. The number of unbranched alkanes of at least 4 members (excludes halogenated alkanes) is 2. The number of piperidine rings is 1. The summed E-state index contributed by atoms with van der Waals surface area (Å²) < 4.78 is 0. The number of carbonyl (C=O) groups excluding carboxylic acids is 1. The maximum absolute atomic E-state index is 13.4. The highest BCUT2D eigenvalue weighted by Crippen LogP contribution is 2.40. The van der Waals surface area contributed by atoms with E-state index >= 15 is 0 Å². The number of H-pyrrole nitrogens is 1. The average Bonchev–Trinajstić information content (AvgIpc) is 3.26. The van der Waals surface area contributed by atoms with Gasteiger partial charge in [0.25, 0.3) is 0 Å². The molecule has 4 N–H and O–H groups in total. The molecule has 1 amide bonds. The van der Waals surface area contributed by atoms with Crippen LogP contribution in [-0.2, 0) is 11.2 Å². The first-order valence-corrected chi connectivity index (χ1v) is 13.0. The second-order valence-electron chi connectivity index (χ2n) is 9.37. The van der Waals surface area contributed by atoms with Crippen molar-refractivity contribution in [3.8, 4) is 0 Å². The number of likely N-dealkylation sites (tertiary alicyclic amines) is 1. The highest BCUT2D eigenvalue weighted by Gasteiger charge is 2.33. The van der Waals surface area contributed by atoms with Crippen LogP contribution in [0.2, 0.25) is 0 Å². The normalized spacial score (nSPS) is 23.5. The Balaban J connectivity index is 1.35. The summed E-state index contributed by atoms with van der Waals surface area (Å²) in [6, 6.07) is 9.56. The Hall–Kier alpha value is -2.32. The van der Waals surface area contributed by atoms with Crippen LogP contribution in [0.3, 0.4) is 0 Å². The minimum Gasteiger partial charge on any atom is -0.381 e. The minimum atomic E-state index is -0.213. The van der Waals surface area contributed by atoms with Gasteiger partial charge in [0.15, 0.2) is 11.7 Å². The predicted octanol–water partition coefficient (Wildman–Crippen LogP) is 4.18. The summed E-state index contributed by atoms with van der Waals surface area (Å²) in [7, 11) is 0. The van der Waals surface area contributed by atoms with Crippen LogP contribution in [0.25, 0.3) is 0 Å². The van der Waals surface area contributed by atoms with Gasteiger partial charge in [-0.25, -0.2) is 4.98 Å². The van der Waals surface area contributed by atoms with E-state index in [0.717, 1.165) is 42.2 Å². The monoisotopic (exact) mass is 468 g/mol. The lowest BCUT2D eigenvalue weighted by molar-refractivity contribution is -0.118. The number of anilines is 1. The number of nitrogens with two attached hydrogens (primary N) is 1. The van der Waals surface area contributed by atoms with E-state index in [-0.39, 0.29) is 17.0 Å². The first-order valence-electron chi connectivity index (χ1n) is 12.1. The minimum absolute atomic E-state index is 0.0933. The van der Waals surface area contributed by atoms with Crippen molar-refractivity contribution in [1.82, 2.24) is 14.9 Å². The molecular formula is C25H36N6OS. The fourth-order valence-corrected chi connectivity index (χ4v) is 6.35. The largest absolute Gasteiger partial charge is 0.381 e. The number of nitrogen functional groups attached to an aromatic ring is 1. The van der Waals surface area contributed by atoms with E-state index in [2.05, 4.69) is 40.8 Å². The number of nitrogens with one attached hydrogen (secondary N) is 2. The number of aromatic nitrogens is 2. The van der Waals surface area contributed by atoms with Gasteiger partial charge in [0.2, 0.25) is 5.91 Å². The zero-order valence-electron chi connectivity index (χ0n) is 19.7. The second kappa shape index (κ2) is 10.7. The van der Waals surface area contributed by atoms with Gasteiger partial charge in [-0.15, -0.1) is 11.8 Å². The Morgan fingerprint density at radius 3 is 2.64 bits per heavy atom. The summed E-state index contributed by atoms with van der Waals surface area (Å²) in [4.78, 5) is 26.4. The van der Waals surface area contributed by atoms with E-state index in [1.54, 1.807) is 18.0 Å². The molecule has 0 radical (unpaired) electrons. The molecule has 0 spiro atoms. The standard InChI is InChI=1S/C25H36N6OS/c1-17-9-8-10-18(2)30(17)13-6-3-7-14-31-20-11-4-5-12-21(20)33-22(25(31)32)15-19-16-28-24(29-19)23(26)27/h4-5,11-12,16-18,22H,3,6-10,13-15H2,1-2H3,(H3,26,27)(H,28,29)/t17-,18+,22?. The van der Waals surface area contributed by atoms with Gasteiger partial charge in [-0.3, -0.25) is 15.1 Å². The number of carbonyl (C=O) groups is 1. The van der Waals surface area contributed by atoms with Crippen molar-refractivity contribution in [1.29, 1.82) is 5.41 Å². The molecule has 4 rings (SSSR count). The van der Waals surface area contributed by atoms with Gasteiger partial charge in [0.05, 0.1) is 10.9 Å². The quantitative estimate of drug-likeness (QED) is 0.291. The van der Waals surface area contributed by atoms with Crippen LogP contribution in [0.1, 0.15) is 63.9 Å². The number of amidine groups is 1. The van der Waals surface area contributed by atoms with E-state index < -0.39 is 0 Å². The van der Waals surface area contributed by atoms with E-state index in [1.807, 2.05) is 17.0 Å². The zero-order valence-corrected chi connectivity index (χ0v) is 20.5. The van der Waals surface area contributed by atoms with Crippen molar-refractivity contribution in [3.63, 3.8) is 0 Å². The molecule has 0 saturated carbocycles. The van der Waals surface area contributed by atoms with E-state index in [0.29, 0.717) is 24.3 Å². The lowest BCUT2D eigenvalue weighted by Crippen LogP contribution is -2.44. The summed E-state index contributed by atoms with van der Waals surface area (Å²) in [5.74, 6) is 0.410. The fraction of sp³-hybridized carbons (Fsp3) is 0.560. The number of fused-ring (bicyclic) bond motifs is 1. The molecule has 0 bridgehead atoms. The van der Waals surface area contributed by atoms with E-state index in [1.165, 1.54) is 25.7 Å². The first-order chi connectivity index (χ1) is 15.9. The number of nitrogens with zero attached hydrogens (tertiary/aromatic N) is 3. The molecule has 178 valence electrons. The third-order valence-corrected chi connectivity index (χ3v) is 8.18. The van der Waals surface area contributed by atoms with Crippen LogP contribution in [0.4, 0.5) is 5.69 Å². The third-order valence-electron chi connectivity index (χ3n) is 6.93. The van der Waals surface area contributed by atoms with Crippen molar-refractivity contribution in [2.45, 2.75) is 81.0 Å². The van der Waals surface area contributed by atoms with Gasteiger partial charge in [0.1, 0.15) is 0 Å². The van der Waals surface area contributed by atoms with Crippen molar-refractivity contribution in [2.75, 3.05) is 18.0 Å². The molecule has 2 aliphatic heterocycles. The predicted molar refractivity (Wildman–Crippen MR) is 135 cm³/mol. The summed E-state index contributed by atoms with van der Waals surface area (Å²) in [6.07, 6.45) is 9.51. The highest BCUT2D eigenvalue weighted by molar-refractivity contribution is 8.01. The Morgan fingerprint density at radius 1 is 1.18 bits per heavy atom. The maximum Gasteiger partial charge on any atom is 0.240 e. The van der Waals surface area contributed by atoms with Gasteiger partial charge < -0.3 is 15.6 Å². The topological polar surface area (TPSA) is 102 Å². The van der Waals surface area contributed by atoms with Gasteiger partial charge in [-0.05, 0) is 58.2 Å². The number of thioether (sulfide) groups is 1. The van der Waals surface area contributed by atoms with Gasteiger partial charge in [0, 0.05) is 41.8 Å². The molecule has 33 heavy (non-hydrogen) atoms. The van der Waals surface area contributed by atoms with Crippen molar-refractivity contribution in [3.05, 3.63) is 42.0 Å². The Labute approximate surface area is 201 Å². The third kappa shape index (κ3) is 5.61. The van der Waals surface area contributed by atoms with E-state index in [4.69, 9.17) is 11.1 Å². The van der Waals surface area contributed by atoms with Crippen molar-refractivity contribution in [2.24, 2.45) is 5.73 Å². The summed E-state index contributed by atoms with van der Waals surface area (Å²) in [6.45, 7) is 6.62. The molecule has 3 atom stereocenters. The summed E-state index contributed by atoms with van der Waals surface area (Å²) in [5, 5.41) is 7.32. The van der Waals surface area contributed by atoms with Crippen LogP contribution < -0.4 is 10.6 Å². The Kier molecular flexibility index (Phi) is 7.75. The molecule has 2 aromatic rings. The molecule has 2 aliphatic rings. The number of hydrogen-bond acceptors (Lipinski definition) is 5. The number of para-hydroxylation sites is 1. The molecule has 1 aromatic heterocycles. The lowest BCUT2D eigenvalue weighted by atomic mass is 9.97. The van der Waals surface area contributed by atoms with Crippen LogP contribution in [0.5, 0.6) is 0 Å². The molecule has 7 nitrogen and oxygen atoms in total. The molecule has 3 heterocycles. The molecule has 1 saturated heterocycles. The molecule has 1 unspecified atom stereocenters. The highest BCUT2D eigenvalue weighted by atomic mass is 32.2. The Bertz CT molecular complexity index is 965. The number of benzene rings is 1. The molecule has 0 aliphatic carbocycles. The summed E-state index contributed by atoms with van der Waals surface area (Å²) in [5.41, 5.74) is 7.37. The lowest BCUT2D eigenvalue weighted by Gasteiger charge is -2.39. The smallest absolute Gasteiger partial charge is 0.240 e. The number of aromatic amines is 1. The SMILES string of the molecule is C[C@@H]1CCC[C@H](C)N1CCCCCN1C(=O)C(Cc2cnc(C(=N)N)[nH]2)Sc2ccccc21. The van der Waals surface area contributed by atoms with Gasteiger partial charge >= 0.3 is 0 Å². The molecule has 8 heteroatoms. The average molecular weight is 469 g/mol.